The van der Waals surface area contributed by atoms with Crippen LogP contribution < -0.4 is 15.8 Å². The third-order valence-electron chi connectivity index (χ3n) is 3.57. The van der Waals surface area contributed by atoms with Crippen molar-refractivity contribution in [2.45, 2.75) is 31.3 Å². The van der Waals surface area contributed by atoms with Gasteiger partial charge in [0, 0.05) is 23.5 Å². The normalized spacial score (nSPS) is 12.4. The molecule has 0 radical (unpaired) electrons. The number of carbonyl (C=O) groups is 2. The monoisotopic (exact) mass is 365 g/mol. The summed E-state index contributed by atoms with van der Waals surface area (Å²) in [4.78, 5) is 26.4. The number of hydrogen-bond acceptors (Lipinski definition) is 5. The molecule has 0 bridgehead atoms. The second-order valence-corrected chi connectivity index (χ2v) is 7.05. The van der Waals surface area contributed by atoms with Crippen LogP contribution in [0.1, 0.15) is 36.7 Å². The Hall–Kier alpha value is -2.88. The number of imidazole rings is 1. The van der Waals surface area contributed by atoms with E-state index in [9.17, 15) is 18.0 Å². The van der Waals surface area contributed by atoms with Crippen molar-refractivity contribution in [3.63, 3.8) is 0 Å². The molecule has 4 N–H and O–H groups in total. The number of aromatic nitrogens is 2. The number of benzene rings is 1. The number of primary amides is 1. The lowest BCUT2D eigenvalue weighted by Crippen LogP contribution is -2.34. The van der Waals surface area contributed by atoms with Crippen molar-refractivity contribution in [1.29, 1.82) is 0 Å². The lowest BCUT2D eigenvalue weighted by atomic mass is 10.2. The van der Waals surface area contributed by atoms with Crippen LogP contribution in [0.25, 0.3) is 0 Å². The van der Waals surface area contributed by atoms with Gasteiger partial charge in [-0.3, -0.25) is 14.8 Å². The fourth-order valence-corrected chi connectivity index (χ4v) is 3.01. The van der Waals surface area contributed by atoms with Gasteiger partial charge < -0.3 is 10.3 Å². The van der Waals surface area contributed by atoms with E-state index in [1.165, 1.54) is 36.8 Å². The maximum absolute atomic E-state index is 12.4. The second-order valence-electron chi connectivity index (χ2n) is 5.42. The molecule has 1 aromatic carbocycles. The van der Waals surface area contributed by atoms with Crippen LogP contribution in [-0.4, -0.2) is 29.9 Å². The standard InChI is InChI=1S/C15H19N5O4S/c1-3-10(2)20-8-13(17-9-20)25(23,24)19-12-6-4-5-11(7-12)14(21)18-15(16)22/h4-10,19H,3H2,1-2H3,(H3,16,18,21,22). The number of anilines is 1. The first kappa shape index (κ1) is 18.5. The van der Waals surface area contributed by atoms with Crippen molar-refractivity contribution in [2.75, 3.05) is 4.72 Å². The molecule has 3 amide bonds. The largest absolute Gasteiger partial charge is 0.351 e. The summed E-state index contributed by atoms with van der Waals surface area (Å²) in [7, 11) is -3.91. The van der Waals surface area contributed by atoms with E-state index in [2.05, 4.69) is 9.71 Å². The Morgan fingerprint density at radius 2 is 2.08 bits per heavy atom. The number of nitrogens with one attached hydrogen (secondary N) is 2. The minimum absolute atomic E-state index is 0.0872. The fourth-order valence-electron chi connectivity index (χ4n) is 2.02. The zero-order valence-corrected chi connectivity index (χ0v) is 14.6. The molecular formula is C15H19N5O4S. The maximum Gasteiger partial charge on any atom is 0.319 e. The first-order valence-corrected chi connectivity index (χ1v) is 8.98. The van der Waals surface area contributed by atoms with Crippen LogP contribution in [-0.2, 0) is 10.0 Å². The van der Waals surface area contributed by atoms with E-state index in [-0.39, 0.29) is 22.3 Å². The van der Waals surface area contributed by atoms with E-state index in [1.807, 2.05) is 19.2 Å². The molecule has 2 aromatic rings. The molecule has 25 heavy (non-hydrogen) atoms. The summed E-state index contributed by atoms with van der Waals surface area (Å²) in [6, 6.07) is 4.80. The molecule has 0 saturated carbocycles. The molecule has 0 spiro atoms. The van der Waals surface area contributed by atoms with Gasteiger partial charge in [-0.05, 0) is 31.5 Å². The van der Waals surface area contributed by atoms with Gasteiger partial charge in [0.15, 0.2) is 5.03 Å². The van der Waals surface area contributed by atoms with Crippen molar-refractivity contribution < 1.29 is 18.0 Å². The molecule has 0 aliphatic carbocycles. The summed E-state index contributed by atoms with van der Waals surface area (Å²) in [6.07, 6.45) is 3.74. The predicted molar refractivity (Wildman–Crippen MR) is 91.5 cm³/mol. The van der Waals surface area contributed by atoms with Crippen LogP contribution in [0, 0.1) is 0 Å². The zero-order valence-electron chi connectivity index (χ0n) is 13.8. The SMILES string of the molecule is CCC(C)n1cnc(S(=O)(=O)Nc2cccc(C(=O)NC(N)=O)c2)c1. The molecule has 1 unspecified atom stereocenters. The van der Waals surface area contributed by atoms with Crippen LogP contribution in [0.4, 0.5) is 10.5 Å². The molecule has 0 fully saturated rings. The number of rotatable bonds is 6. The molecule has 0 aliphatic heterocycles. The zero-order chi connectivity index (χ0) is 18.6. The second kappa shape index (κ2) is 7.34. The van der Waals surface area contributed by atoms with Crippen molar-refractivity contribution in [3.8, 4) is 0 Å². The summed E-state index contributed by atoms with van der Waals surface area (Å²) in [5.41, 5.74) is 5.14. The average Bonchev–Trinajstić information content (AvgIpc) is 3.04. The molecule has 134 valence electrons. The summed E-state index contributed by atoms with van der Waals surface area (Å²) in [6.45, 7) is 3.94. The number of urea groups is 1. The minimum Gasteiger partial charge on any atom is -0.351 e. The lowest BCUT2D eigenvalue weighted by Gasteiger charge is -2.09. The first-order valence-electron chi connectivity index (χ1n) is 7.50. The van der Waals surface area contributed by atoms with Crippen molar-refractivity contribution in [3.05, 3.63) is 42.4 Å². The Morgan fingerprint density at radius 1 is 1.36 bits per heavy atom. The van der Waals surface area contributed by atoms with E-state index in [0.717, 1.165) is 6.42 Å². The number of hydrogen-bond donors (Lipinski definition) is 3. The fraction of sp³-hybridized carbons (Fsp3) is 0.267. The molecule has 2 rings (SSSR count). The van der Waals surface area contributed by atoms with Crippen molar-refractivity contribution in [1.82, 2.24) is 14.9 Å². The lowest BCUT2D eigenvalue weighted by molar-refractivity contribution is 0.0966. The van der Waals surface area contributed by atoms with Gasteiger partial charge >= 0.3 is 6.03 Å². The Kier molecular flexibility index (Phi) is 5.42. The number of amides is 3. The van der Waals surface area contributed by atoms with Crippen LogP contribution in [0.3, 0.4) is 0 Å². The highest BCUT2D eigenvalue weighted by Crippen LogP contribution is 2.18. The number of sulfonamides is 1. The van der Waals surface area contributed by atoms with Gasteiger partial charge in [-0.25, -0.2) is 9.78 Å². The predicted octanol–water partition coefficient (Wildman–Crippen LogP) is 1.46. The van der Waals surface area contributed by atoms with Gasteiger partial charge in [-0.2, -0.15) is 8.42 Å². The Morgan fingerprint density at radius 3 is 2.72 bits per heavy atom. The van der Waals surface area contributed by atoms with Crippen LogP contribution in [0.15, 0.2) is 41.8 Å². The highest BCUT2D eigenvalue weighted by molar-refractivity contribution is 7.92. The maximum atomic E-state index is 12.4. The minimum atomic E-state index is -3.91. The highest BCUT2D eigenvalue weighted by atomic mass is 32.2. The number of carbonyl (C=O) groups excluding carboxylic acids is 2. The number of nitrogens with two attached hydrogens (primary N) is 1. The number of imide groups is 1. The highest BCUT2D eigenvalue weighted by Gasteiger charge is 2.19. The van der Waals surface area contributed by atoms with E-state index in [0.29, 0.717) is 0 Å². The van der Waals surface area contributed by atoms with E-state index in [4.69, 9.17) is 5.73 Å². The van der Waals surface area contributed by atoms with Crippen LogP contribution >= 0.6 is 0 Å². The summed E-state index contributed by atoms with van der Waals surface area (Å²) in [5.74, 6) is -0.727. The van der Waals surface area contributed by atoms with Crippen LogP contribution in [0.2, 0.25) is 0 Å². The van der Waals surface area contributed by atoms with Gasteiger partial charge in [0.2, 0.25) is 0 Å². The van der Waals surface area contributed by atoms with E-state index in [1.54, 1.807) is 4.57 Å². The summed E-state index contributed by atoms with van der Waals surface area (Å²) >= 11 is 0. The molecular weight excluding hydrogens is 346 g/mol. The molecule has 0 saturated heterocycles. The molecule has 0 aliphatic rings. The first-order chi connectivity index (χ1) is 11.7. The van der Waals surface area contributed by atoms with Gasteiger partial charge in [0.05, 0.1) is 6.33 Å². The molecule has 9 nitrogen and oxygen atoms in total. The van der Waals surface area contributed by atoms with E-state index >= 15 is 0 Å². The van der Waals surface area contributed by atoms with Crippen molar-refractivity contribution >= 4 is 27.6 Å². The third kappa shape index (κ3) is 4.57. The molecule has 1 heterocycles. The van der Waals surface area contributed by atoms with Crippen molar-refractivity contribution in [2.24, 2.45) is 5.73 Å². The Labute approximate surface area is 145 Å². The van der Waals surface area contributed by atoms with Gasteiger partial charge in [-0.1, -0.05) is 13.0 Å². The molecule has 1 atom stereocenters. The van der Waals surface area contributed by atoms with Gasteiger partial charge in [0.25, 0.3) is 15.9 Å². The molecule has 10 heteroatoms. The van der Waals surface area contributed by atoms with Crippen LogP contribution in [0.5, 0.6) is 0 Å². The average molecular weight is 365 g/mol. The topological polar surface area (TPSA) is 136 Å². The summed E-state index contributed by atoms with van der Waals surface area (Å²) in [5, 5.41) is 1.78. The smallest absolute Gasteiger partial charge is 0.319 e. The third-order valence-corrected chi connectivity index (χ3v) is 4.83. The van der Waals surface area contributed by atoms with Gasteiger partial charge in [0.1, 0.15) is 0 Å². The van der Waals surface area contributed by atoms with E-state index < -0.39 is 22.0 Å². The Bertz CT molecular complexity index is 891. The summed E-state index contributed by atoms with van der Waals surface area (Å²) < 4.78 is 28.9. The quantitative estimate of drug-likeness (QED) is 0.712. The Balaban J connectivity index is 2.22. The van der Waals surface area contributed by atoms with Gasteiger partial charge in [-0.15, -0.1) is 0 Å². The number of nitrogens with zero attached hydrogens (tertiary/aromatic N) is 2. The molecule has 1 aromatic heterocycles.